The van der Waals surface area contributed by atoms with Crippen LogP contribution in [-0.4, -0.2) is 35.7 Å². The van der Waals surface area contributed by atoms with Gasteiger partial charge in [0, 0.05) is 19.0 Å². The van der Waals surface area contributed by atoms with Crippen LogP contribution in [0, 0.1) is 11.8 Å². The summed E-state index contributed by atoms with van der Waals surface area (Å²) in [6.45, 7) is 5.99. The van der Waals surface area contributed by atoms with Gasteiger partial charge < -0.3 is 10.0 Å². The van der Waals surface area contributed by atoms with Crippen LogP contribution >= 0.6 is 0 Å². The topological polar surface area (TPSA) is 23.5 Å². The Hall–Kier alpha value is -0.0800. The fourth-order valence-corrected chi connectivity index (χ4v) is 4.33. The molecule has 1 saturated heterocycles. The van der Waals surface area contributed by atoms with E-state index in [1.165, 1.54) is 90.3 Å². The lowest BCUT2D eigenvalue weighted by atomic mass is 10.00. The molecule has 0 radical (unpaired) electrons. The maximum Gasteiger partial charge on any atom is 0.0583 e. The molecule has 0 aromatic heterocycles. The van der Waals surface area contributed by atoms with Crippen molar-refractivity contribution in [2.75, 3.05) is 19.6 Å². The molecule has 3 unspecified atom stereocenters. The summed E-state index contributed by atoms with van der Waals surface area (Å²) in [5.74, 6) is 1.41. The van der Waals surface area contributed by atoms with Crippen LogP contribution in [0.4, 0.5) is 0 Å². The Morgan fingerprint density at radius 1 is 0.810 bits per heavy atom. The molecule has 0 aromatic rings. The Morgan fingerprint density at radius 3 is 2.05 bits per heavy atom. The molecule has 2 rings (SSSR count). The van der Waals surface area contributed by atoms with E-state index < -0.39 is 0 Å². The average molecular weight is 296 g/mol. The van der Waals surface area contributed by atoms with E-state index in [9.17, 15) is 5.11 Å². The molecular formula is C19H37NO. The van der Waals surface area contributed by atoms with Crippen molar-refractivity contribution in [3.05, 3.63) is 0 Å². The normalized spacial score (nSPS) is 29.1. The molecule has 21 heavy (non-hydrogen) atoms. The Bertz CT molecular complexity index is 268. The van der Waals surface area contributed by atoms with E-state index in [1.807, 2.05) is 0 Å². The van der Waals surface area contributed by atoms with Gasteiger partial charge >= 0.3 is 0 Å². The third-order valence-electron chi connectivity index (χ3n) is 5.72. The molecule has 0 aromatic carbocycles. The highest BCUT2D eigenvalue weighted by Crippen LogP contribution is 2.38. The van der Waals surface area contributed by atoms with E-state index >= 15 is 0 Å². The molecule has 1 aliphatic heterocycles. The SMILES string of the molecule is CCCCCCCCCCCCN1CC2CCC(O)C2C1. The van der Waals surface area contributed by atoms with Crippen LogP contribution in [0.1, 0.15) is 84.0 Å². The van der Waals surface area contributed by atoms with E-state index in [4.69, 9.17) is 0 Å². The monoisotopic (exact) mass is 295 g/mol. The van der Waals surface area contributed by atoms with Crippen molar-refractivity contribution in [1.29, 1.82) is 0 Å². The van der Waals surface area contributed by atoms with Crippen LogP contribution in [0.2, 0.25) is 0 Å². The summed E-state index contributed by atoms with van der Waals surface area (Å²) >= 11 is 0. The van der Waals surface area contributed by atoms with Gasteiger partial charge in [0.2, 0.25) is 0 Å². The fourth-order valence-electron chi connectivity index (χ4n) is 4.33. The number of likely N-dealkylation sites (tertiary alicyclic amines) is 1. The van der Waals surface area contributed by atoms with Gasteiger partial charge in [0.1, 0.15) is 0 Å². The minimum Gasteiger partial charge on any atom is -0.393 e. The molecule has 1 saturated carbocycles. The molecule has 1 aliphatic carbocycles. The molecule has 0 spiro atoms. The standard InChI is InChI=1S/C19H37NO/c1-2-3-4-5-6-7-8-9-10-11-14-20-15-17-12-13-19(21)18(17)16-20/h17-19,21H,2-16H2,1H3. The zero-order chi connectivity index (χ0) is 14.9. The number of unbranched alkanes of at least 4 members (excludes halogenated alkanes) is 9. The van der Waals surface area contributed by atoms with Crippen molar-refractivity contribution in [2.45, 2.75) is 90.1 Å². The predicted molar refractivity (Wildman–Crippen MR) is 90.5 cm³/mol. The van der Waals surface area contributed by atoms with Crippen LogP contribution in [0.5, 0.6) is 0 Å². The number of hydrogen-bond acceptors (Lipinski definition) is 2. The molecule has 2 heteroatoms. The zero-order valence-electron chi connectivity index (χ0n) is 14.2. The van der Waals surface area contributed by atoms with Crippen molar-refractivity contribution in [3.63, 3.8) is 0 Å². The third kappa shape index (κ3) is 5.90. The highest BCUT2D eigenvalue weighted by molar-refractivity contribution is 4.93. The minimum atomic E-state index is 0.00714. The number of aliphatic hydroxyl groups is 1. The van der Waals surface area contributed by atoms with Crippen LogP contribution in [0.15, 0.2) is 0 Å². The summed E-state index contributed by atoms with van der Waals surface area (Å²) in [7, 11) is 0. The van der Waals surface area contributed by atoms with Gasteiger partial charge in [-0.2, -0.15) is 0 Å². The van der Waals surface area contributed by atoms with Gasteiger partial charge in [-0.05, 0) is 31.7 Å². The lowest BCUT2D eigenvalue weighted by Gasteiger charge is -2.17. The Morgan fingerprint density at radius 2 is 1.43 bits per heavy atom. The smallest absolute Gasteiger partial charge is 0.0583 e. The van der Waals surface area contributed by atoms with Crippen LogP contribution in [0.3, 0.4) is 0 Å². The highest BCUT2D eigenvalue weighted by atomic mass is 16.3. The largest absolute Gasteiger partial charge is 0.393 e. The maximum atomic E-state index is 9.94. The van der Waals surface area contributed by atoms with Crippen molar-refractivity contribution >= 4 is 0 Å². The highest BCUT2D eigenvalue weighted by Gasteiger charge is 2.41. The van der Waals surface area contributed by atoms with Crippen molar-refractivity contribution in [1.82, 2.24) is 4.90 Å². The third-order valence-corrected chi connectivity index (χ3v) is 5.72. The zero-order valence-corrected chi connectivity index (χ0v) is 14.2. The average Bonchev–Trinajstić information content (AvgIpc) is 3.03. The molecule has 3 atom stereocenters. The Kier molecular flexibility index (Phi) is 8.10. The molecule has 124 valence electrons. The first-order chi connectivity index (χ1) is 10.3. The van der Waals surface area contributed by atoms with Gasteiger partial charge in [-0.1, -0.05) is 64.7 Å². The van der Waals surface area contributed by atoms with Crippen LogP contribution in [0.25, 0.3) is 0 Å². The van der Waals surface area contributed by atoms with Gasteiger partial charge in [0.15, 0.2) is 0 Å². The second-order valence-corrected chi connectivity index (χ2v) is 7.51. The van der Waals surface area contributed by atoms with Crippen LogP contribution < -0.4 is 0 Å². The summed E-state index contributed by atoms with van der Waals surface area (Å²) in [5.41, 5.74) is 0. The number of aliphatic hydroxyl groups excluding tert-OH is 1. The molecule has 1 heterocycles. The van der Waals surface area contributed by atoms with E-state index in [0.29, 0.717) is 5.92 Å². The number of hydrogen-bond donors (Lipinski definition) is 1. The van der Waals surface area contributed by atoms with E-state index in [0.717, 1.165) is 12.3 Å². The minimum absolute atomic E-state index is 0.00714. The first kappa shape index (κ1) is 17.3. The summed E-state index contributed by atoms with van der Waals surface area (Å²) < 4.78 is 0. The van der Waals surface area contributed by atoms with E-state index in [1.54, 1.807) is 0 Å². The second kappa shape index (κ2) is 9.84. The fraction of sp³-hybridized carbons (Fsp3) is 1.00. The lowest BCUT2D eigenvalue weighted by molar-refractivity contribution is 0.124. The number of rotatable bonds is 11. The summed E-state index contributed by atoms with van der Waals surface area (Å²) in [5, 5.41) is 9.94. The van der Waals surface area contributed by atoms with E-state index in [2.05, 4.69) is 11.8 Å². The van der Waals surface area contributed by atoms with Crippen molar-refractivity contribution in [2.24, 2.45) is 11.8 Å². The molecule has 2 fully saturated rings. The lowest BCUT2D eigenvalue weighted by Crippen LogP contribution is -2.25. The molecule has 2 aliphatic rings. The second-order valence-electron chi connectivity index (χ2n) is 7.51. The van der Waals surface area contributed by atoms with Crippen molar-refractivity contribution < 1.29 is 5.11 Å². The summed E-state index contributed by atoms with van der Waals surface area (Å²) in [4.78, 5) is 2.61. The Balaban J connectivity index is 1.38. The first-order valence-corrected chi connectivity index (χ1v) is 9.71. The first-order valence-electron chi connectivity index (χ1n) is 9.71. The number of fused-ring (bicyclic) bond motifs is 1. The van der Waals surface area contributed by atoms with Gasteiger partial charge in [-0.3, -0.25) is 0 Å². The van der Waals surface area contributed by atoms with Crippen LogP contribution in [-0.2, 0) is 0 Å². The molecule has 2 nitrogen and oxygen atoms in total. The van der Waals surface area contributed by atoms with Gasteiger partial charge in [-0.25, -0.2) is 0 Å². The molecule has 1 N–H and O–H groups in total. The van der Waals surface area contributed by atoms with Gasteiger partial charge in [0.25, 0.3) is 0 Å². The van der Waals surface area contributed by atoms with Gasteiger partial charge in [-0.15, -0.1) is 0 Å². The van der Waals surface area contributed by atoms with Crippen molar-refractivity contribution in [3.8, 4) is 0 Å². The number of nitrogens with zero attached hydrogens (tertiary/aromatic N) is 1. The quantitative estimate of drug-likeness (QED) is 0.563. The van der Waals surface area contributed by atoms with Gasteiger partial charge in [0.05, 0.1) is 6.10 Å². The molecular weight excluding hydrogens is 258 g/mol. The summed E-state index contributed by atoms with van der Waals surface area (Å²) in [6.07, 6.45) is 16.5. The van der Waals surface area contributed by atoms with E-state index in [-0.39, 0.29) is 6.10 Å². The molecule has 0 amide bonds. The summed E-state index contributed by atoms with van der Waals surface area (Å²) in [6, 6.07) is 0. The molecule has 0 bridgehead atoms. The Labute approximate surface area is 132 Å². The maximum absolute atomic E-state index is 9.94. The predicted octanol–water partition coefficient (Wildman–Crippen LogP) is 4.61.